The van der Waals surface area contributed by atoms with E-state index in [2.05, 4.69) is 27.9 Å². The van der Waals surface area contributed by atoms with Crippen molar-refractivity contribution >= 4 is 44.2 Å². The van der Waals surface area contributed by atoms with Crippen molar-refractivity contribution in [2.24, 2.45) is 0 Å². The summed E-state index contributed by atoms with van der Waals surface area (Å²) in [4.78, 5) is 12.8. The van der Waals surface area contributed by atoms with Gasteiger partial charge in [0.1, 0.15) is 5.75 Å². The maximum Gasteiger partial charge on any atom is 0.259 e. The maximum atomic E-state index is 12.9. The molecule has 1 aliphatic heterocycles. The largest absolute Gasteiger partial charge is 0.496 e. The van der Waals surface area contributed by atoms with Gasteiger partial charge in [0.15, 0.2) is 0 Å². The maximum absolute atomic E-state index is 12.9. The molecule has 144 valence electrons. The van der Waals surface area contributed by atoms with Crippen molar-refractivity contribution in [3.63, 3.8) is 0 Å². The fraction of sp³-hybridized carbons (Fsp3) is 0.316. The Labute approximate surface area is 173 Å². The Bertz CT molecular complexity index is 923. The van der Waals surface area contributed by atoms with Gasteiger partial charge in [0.2, 0.25) is 10.0 Å². The van der Waals surface area contributed by atoms with Gasteiger partial charge in [-0.3, -0.25) is 4.79 Å². The lowest BCUT2D eigenvalue weighted by Crippen LogP contribution is -2.35. The Kier molecular flexibility index (Phi) is 6.38. The van der Waals surface area contributed by atoms with E-state index in [-0.39, 0.29) is 10.5 Å². The quantitative estimate of drug-likeness (QED) is 0.636. The Morgan fingerprint density at radius 2 is 1.74 bits per heavy atom. The van der Waals surface area contributed by atoms with E-state index >= 15 is 0 Å². The van der Waals surface area contributed by atoms with Crippen molar-refractivity contribution in [3.05, 3.63) is 51.6 Å². The van der Waals surface area contributed by atoms with Gasteiger partial charge < -0.3 is 10.1 Å². The number of carbonyl (C=O) groups is 1. The predicted octanol–water partition coefficient (Wildman–Crippen LogP) is 3.73. The average Bonchev–Trinajstić information content (AvgIpc) is 2.69. The monoisotopic (exact) mass is 500 g/mol. The molecule has 0 bridgehead atoms. The molecule has 6 nitrogen and oxygen atoms in total. The molecule has 0 atom stereocenters. The molecule has 0 spiro atoms. The van der Waals surface area contributed by atoms with Gasteiger partial charge in [-0.05, 0) is 77.9 Å². The first-order valence-electron chi connectivity index (χ1n) is 8.67. The highest BCUT2D eigenvalue weighted by Crippen LogP contribution is 2.27. The number of sulfonamides is 1. The van der Waals surface area contributed by atoms with Crippen molar-refractivity contribution in [1.82, 2.24) is 4.31 Å². The summed E-state index contributed by atoms with van der Waals surface area (Å²) < 4.78 is 33.6. The lowest BCUT2D eigenvalue weighted by atomic mass is 10.2. The third-order valence-corrected chi connectivity index (χ3v) is 7.08. The lowest BCUT2D eigenvalue weighted by molar-refractivity contribution is 0.102. The van der Waals surface area contributed by atoms with Gasteiger partial charge >= 0.3 is 0 Å². The van der Waals surface area contributed by atoms with Gasteiger partial charge in [-0.1, -0.05) is 6.42 Å². The Morgan fingerprint density at radius 3 is 2.37 bits per heavy atom. The summed E-state index contributed by atoms with van der Waals surface area (Å²) in [6.07, 6.45) is 2.75. The van der Waals surface area contributed by atoms with Crippen LogP contribution in [-0.2, 0) is 10.0 Å². The number of nitrogens with zero attached hydrogens (tertiary/aromatic N) is 1. The number of rotatable bonds is 5. The molecule has 1 fully saturated rings. The molecule has 0 aromatic heterocycles. The summed E-state index contributed by atoms with van der Waals surface area (Å²) in [5.74, 6) is -0.0839. The molecule has 2 aromatic carbocycles. The lowest BCUT2D eigenvalue weighted by Gasteiger charge is -2.26. The zero-order chi connectivity index (χ0) is 19.4. The highest BCUT2D eigenvalue weighted by Gasteiger charge is 2.27. The minimum atomic E-state index is -3.62. The summed E-state index contributed by atoms with van der Waals surface area (Å²) in [5, 5.41) is 2.79. The van der Waals surface area contributed by atoms with Crippen LogP contribution in [0, 0.1) is 3.57 Å². The smallest absolute Gasteiger partial charge is 0.259 e. The SMILES string of the molecule is COc1ccc(S(=O)(=O)N2CCCCC2)cc1C(=O)Nc1ccc(I)cc1. The summed E-state index contributed by atoms with van der Waals surface area (Å²) in [6.45, 7) is 1.02. The van der Waals surface area contributed by atoms with E-state index in [9.17, 15) is 13.2 Å². The van der Waals surface area contributed by atoms with E-state index in [4.69, 9.17) is 4.74 Å². The third-order valence-electron chi connectivity index (χ3n) is 4.47. The number of methoxy groups -OCH3 is 1. The normalized spacial score (nSPS) is 15.3. The molecule has 1 N–H and O–H groups in total. The highest BCUT2D eigenvalue weighted by atomic mass is 127. The van der Waals surface area contributed by atoms with Gasteiger partial charge in [0.25, 0.3) is 5.91 Å². The summed E-state index contributed by atoms with van der Waals surface area (Å²) >= 11 is 2.18. The topological polar surface area (TPSA) is 75.7 Å². The van der Waals surface area contributed by atoms with Crippen LogP contribution in [0.5, 0.6) is 5.75 Å². The minimum Gasteiger partial charge on any atom is -0.496 e. The zero-order valence-electron chi connectivity index (χ0n) is 14.9. The van der Waals surface area contributed by atoms with Gasteiger partial charge in [-0.15, -0.1) is 0 Å². The number of nitrogens with one attached hydrogen (secondary N) is 1. The molecule has 27 heavy (non-hydrogen) atoms. The molecule has 1 aliphatic rings. The standard InChI is InChI=1S/C19H21IN2O4S/c1-26-18-10-9-16(27(24,25)22-11-3-2-4-12-22)13-17(18)19(23)21-15-7-5-14(20)6-8-15/h5-10,13H,2-4,11-12H2,1H3,(H,21,23). The van der Waals surface area contributed by atoms with E-state index < -0.39 is 15.9 Å². The van der Waals surface area contributed by atoms with Crippen molar-refractivity contribution in [2.75, 3.05) is 25.5 Å². The summed E-state index contributed by atoms with van der Waals surface area (Å²) in [5.41, 5.74) is 0.820. The van der Waals surface area contributed by atoms with E-state index in [1.165, 1.54) is 29.6 Å². The van der Waals surface area contributed by atoms with E-state index in [1.54, 1.807) is 12.1 Å². The van der Waals surface area contributed by atoms with Crippen LogP contribution in [0.4, 0.5) is 5.69 Å². The van der Waals surface area contributed by atoms with E-state index in [0.717, 1.165) is 22.8 Å². The first-order chi connectivity index (χ1) is 12.9. The van der Waals surface area contributed by atoms with E-state index in [1.807, 2.05) is 12.1 Å². The number of piperidine rings is 1. The molecule has 0 aliphatic carbocycles. The first-order valence-corrected chi connectivity index (χ1v) is 11.2. The third kappa shape index (κ3) is 4.61. The highest BCUT2D eigenvalue weighted by molar-refractivity contribution is 14.1. The predicted molar refractivity (Wildman–Crippen MR) is 113 cm³/mol. The molecule has 1 saturated heterocycles. The fourth-order valence-electron chi connectivity index (χ4n) is 3.01. The second-order valence-electron chi connectivity index (χ2n) is 6.29. The summed E-state index contributed by atoms with van der Waals surface area (Å²) in [6, 6.07) is 11.8. The Morgan fingerprint density at radius 1 is 1.07 bits per heavy atom. The fourth-order valence-corrected chi connectivity index (χ4v) is 4.91. The van der Waals surface area contributed by atoms with Gasteiger partial charge in [-0.25, -0.2) is 8.42 Å². The van der Waals surface area contributed by atoms with Crippen molar-refractivity contribution in [1.29, 1.82) is 0 Å². The Balaban J connectivity index is 1.91. The van der Waals surface area contributed by atoms with Crippen molar-refractivity contribution in [3.8, 4) is 5.75 Å². The van der Waals surface area contributed by atoms with Crippen LogP contribution >= 0.6 is 22.6 Å². The van der Waals surface area contributed by atoms with Crippen LogP contribution in [0.25, 0.3) is 0 Å². The number of halogens is 1. The second kappa shape index (κ2) is 8.57. The van der Waals surface area contributed by atoms with Crippen LogP contribution < -0.4 is 10.1 Å². The first kappa shape index (κ1) is 20.1. The molecular weight excluding hydrogens is 479 g/mol. The molecule has 2 aromatic rings. The van der Waals surface area contributed by atoms with Gasteiger partial charge in [-0.2, -0.15) is 4.31 Å². The number of amides is 1. The molecule has 8 heteroatoms. The molecular formula is C19H21IN2O4S. The number of ether oxygens (including phenoxy) is 1. The van der Waals surface area contributed by atoms with Crippen molar-refractivity contribution in [2.45, 2.75) is 24.2 Å². The molecule has 0 unspecified atom stereocenters. The molecule has 0 saturated carbocycles. The van der Waals surface area contributed by atoms with Crippen LogP contribution in [0.2, 0.25) is 0 Å². The van der Waals surface area contributed by atoms with E-state index in [0.29, 0.717) is 24.5 Å². The molecule has 1 amide bonds. The minimum absolute atomic E-state index is 0.109. The van der Waals surface area contributed by atoms with Crippen LogP contribution in [-0.4, -0.2) is 38.8 Å². The molecule has 3 rings (SSSR count). The second-order valence-corrected chi connectivity index (χ2v) is 9.47. The van der Waals surface area contributed by atoms with Crippen LogP contribution in [0.1, 0.15) is 29.6 Å². The number of anilines is 1. The average molecular weight is 500 g/mol. The van der Waals surface area contributed by atoms with Gasteiger partial charge in [0.05, 0.1) is 17.6 Å². The number of hydrogen-bond acceptors (Lipinski definition) is 4. The molecule has 0 radical (unpaired) electrons. The van der Waals surface area contributed by atoms with Crippen LogP contribution in [0.15, 0.2) is 47.4 Å². The van der Waals surface area contributed by atoms with Crippen molar-refractivity contribution < 1.29 is 17.9 Å². The number of benzene rings is 2. The van der Waals surface area contributed by atoms with Gasteiger partial charge in [0, 0.05) is 22.3 Å². The number of carbonyl (C=O) groups excluding carboxylic acids is 1. The Hall–Kier alpha value is -1.65. The van der Waals surface area contributed by atoms with Crippen LogP contribution in [0.3, 0.4) is 0 Å². The zero-order valence-corrected chi connectivity index (χ0v) is 17.9. The number of hydrogen-bond donors (Lipinski definition) is 1. The summed E-state index contributed by atoms with van der Waals surface area (Å²) in [7, 11) is -2.17. The molecule has 1 heterocycles.